The molecule has 6 heteroatoms. The van der Waals surface area contributed by atoms with Crippen molar-refractivity contribution >= 4 is 11.6 Å². The summed E-state index contributed by atoms with van der Waals surface area (Å²) in [5.74, 6) is -0.828. The van der Waals surface area contributed by atoms with Gasteiger partial charge in [-0.05, 0) is 42.8 Å². The Labute approximate surface area is 139 Å². The van der Waals surface area contributed by atoms with Crippen LogP contribution < -0.4 is 10.6 Å². The molecule has 2 rings (SSSR count). The summed E-state index contributed by atoms with van der Waals surface area (Å²) in [4.78, 5) is 11.9. The van der Waals surface area contributed by atoms with Gasteiger partial charge in [-0.15, -0.1) is 0 Å². The molecule has 0 fully saturated rings. The molecule has 0 aromatic heterocycles. The first-order valence-corrected chi connectivity index (χ1v) is 7.50. The Bertz CT molecular complexity index is 771. The minimum Gasteiger partial charge on any atom is -0.395 e. The lowest BCUT2D eigenvalue weighted by Gasteiger charge is -2.16. The molecule has 124 valence electrons. The fourth-order valence-corrected chi connectivity index (χ4v) is 2.25. The molecular formula is C18H18FN3O2. The molecule has 0 heterocycles. The molecule has 0 bridgehead atoms. The van der Waals surface area contributed by atoms with Crippen molar-refractivity contribution in [3.63, 3.8) is 0 Å². The summed E-state index contributed by atoms with van der Waals surface area (Å²) in [6.07, 6.45) is 0. The van der Waals surface area contributed by atoms with Crippen molar-refractivity contribution in [1.29, 1.82) is 5.26 Å². The Balaban J connectivity index is 2.12. The Kier molecular flexibility index (Phi) is 5.88. The molecule has 0 spiro atoms. The van der Waals surface area contributed by atoms with E-state index in [1.165, 1.54) is 12.1 Å². The van der Waals surface area contributed by atoms with Crippen molar-refractivity contribution in [2.24, 2.45) is 0 Å². The van der Waals surface area contributed by atoms with E-state index in [1.807, 2.05) is 6.92 Å². The minimum absolute atomic E-state index is 0.00787. The van der Waals surface area contributed by atoms with Gasteiger partial charge in [0.1, 0.15) is 11.9 Å². The first-order valence-electron chi connectivity index (χ1n) is 7.50. The predicted molar refractivity (Wildman–Crippen MR) is 89.0 cm³/mol. The number of aliphatic hydroxyl groups is 1. The van der Waals surface area contributed by atoms with Crippen LogP contribution in [0.1, 0.15) is 34.5 Å². The highest BCUT2D eigenvalue weighted by Crippen LogP contribution is 2.22. The van der Waals surface area contributed by atoms with Crippen LogP contribution in [0.3, 0.4) is 0 Å². The number of nitriles is 1. The SMILES string of the molecule is CC(Nc1cccc(C(=O)NCCO)c1)c1ccc(C#N)c(F)c1. The van der Waals surface area contributed by atoms with Crippen molar-refractivity contribution in [2.45, 2.75) is 13.0 Å². The van der Waals surface area contributed by atoms with Gasteiger partial charge >= 0.3 is 0 Å². The number of carbonyl (C=O) groups is 1. The maximum atomic E-state index is 13.7. The molecule has 0 saturated carbocycles. The molecule has 0 aliphatic rings. The van der Waals surface area contributed by atoms with Crippen molar-refractivity contribution in [2.75, 3.05) is 18.5 Å². The summed E-state index contributed by atoms with van der Waals surface area (Å²) in [6.45, 7) is 1.93. The van der Waals surface area contributed by atoms with Crippen molar-refractivity contribution in [3.05, 3.63) is 65.0 Å². The molecule has 0 radical (unpaired) electrons. The molecule has 2 aromatic rings. The normalized spacial score (nSPS) is 11.4. The van der Waals surface area contributed by atoms with Crippen LogP contribution in [0, 0.1) is 17.1 Å². The number of halogens is 1. The van der Waals surface area contributed by atoms with Gasteiger partial charge in [0.25, 0.3) is 5.91 Å². The number of nitrogens with one attached hydrogen (secondary N) is 2. The average molecular weight is 327 g/mol. The van der Waals surface area contributed by atoms with Crippen LogP contribution in [0.15, 0.2) is 42.5 Å². The van der Waals surface area contributed by atoms with Crippen molar-refractivity contribution < 1.29 is 14.3 Å². The third-order valence-electron chi connectivity index (χ3n) is 3.52. The zero-order valence-electron chi connectivity index (χ0n) is 13.2. The summed E-state index contributed by atoms with van der Waals surface area (Å²) in [7, 11) is 0. The van der Waals surface area contributed by atoms with Gasteiger partial charge in [-0.1, -0.05) is 12.1 Å². The van der Waals surface area contributed by atoms with E-state index in [2.05, 4.69) is 10.6 Å². The first-order chi connectivity index (χ1) is 11.5. The summed E-state index contributed by atoms with van der Waals surface area (Å²) in [6, 6.07) is 12.9. The van der Waals surface area contributed by atoms with E-state index < -0.39 is 5.82 Å². The molecule has 1 amide bonds. The van der Waals surface area contributed by atoms with Crippen LogP contribution in [0.2, 0.25) is 0 Å². The number of benzene rings is 2. The van der Waals surface area contributed by atoms with Crippen LogP contribution in [0.25, 0.3) is 0 Å². The third-order valence-corrected chi connectivity index (χ3v) is 3.52. The van der Waals surface area contributed by atoms with Crippen LogP contribution in [-0.4, -0.2) is 24.2 Å². The van der Waals surface area contributed by atoms with Gasteiger partial charge in [0, 0.05) is 23.8 Å². The number of aliphatic hydroxyl groups excluding tert-OH is 1. The Morgan fingerprint density at radius 1 is 1.33 bits per heavy atom. The van der Waals surface area contributed by atoms with Gasteiger partial charge in [0.15, 0.2) is 0 Å². The van der Waals surface area contributed by atoms with Gasteiger partial charge < -0.3 is 15.7 Å². The van der Waals surface area contributed by atoms with E-state index in [-0.39, 0.29) is 30.7 Å². The zero-order valence-corrected chi connectivity index (χ0v) is 13.2. The number of amides is 1. The highest BCUT2D eigenvalue weighted by Gasteiger charge is 2.11. The molecule has 2 aromatic carbocycles. The number of hydrogen-bond acceptors (Lipinski definition) is 4. The van der Waals surface area contributed by atoms with Gasteiger partial charge in [-0.3, -0.25) is 4.79 Å². The molecule has 0 aliphatic carbocycles. The maximum absolute atomic E-state index is 13.7. The molecule has 1 atom stereocenters. The lowest BCUT2D eigenvalue weighted by molar-refractivity contribution is 0.0945. The van der Waals surface area contributed by atoms with Crippen molar-refractivity contribution in [3.8, 4) is 6.07 Å². The molecule has 5 nitrogen and oxygen atoms in total. The van der Waals surface area contributed by atoms with Crippen molar-refractivity contribution in [1.82, 2.24) is 5.32 Å². The highest BCUT2D eigenvalue weighted by molar-refractivity contribution is 5.95. The predicted octanol–water partition coefficient (Wildman–Crippen LogP) is 2.59. The number of nitrogens with zero attached hydrogens (tertiary/aromatic N) is 1. The average Bonchev–Trinajstić information content (AvgIpc) is 2.59. The van der Waals surface area contributed by atoms with Crippen LogP contribution >= 0.6 is 0 Å². The molecule has 3 N–H and O–H groups in total. The van der Waals surface area contributed by atoms with Crippen LogP contribution in [-0.2, 0) is 0 Å². The smallest absolute Gasteiger partial charge is 0.251 e. The number of hydrogen-bond donors (Lipinski definition) is 3. The fourth-order valence-electron chi connectivity index (χ4n) is 2.25. The van der Waals surface area contributed by atoms with E-state index in [0.717, 1.165) is 0 Å². The van der Waals surface area contributed by atoms with Gasteiger partial charge in [-0.2, -0.15) is 5.26 Å². The maximum Gasteiger partial charge on any atom is 0.251 e. The quantitative estimate of drug-likeness (QED) is 0.761. The third kappa shape index (κ3) is 4.31. The second-order valence-corrected chi connectivity index (χ2v) is 5.28. The van der Waals surface area contributed by atoms with Gasteiger partial charge in [0.05, 0.1) is 12.2 Å². The standard InChI is InChI=1S/C18H18FN3O2/c1-12(13-5-6-15(11-20)17(19)10-13)22-16-4-2-3-14(9-16)18(24)21-7-8-23/h2-6,9-10,12,22-23H,7-8H2,1H3,(H,21,24). The molecular weight excluding hydrogens is 309 g/mol. The largest absolute Gasteiger partial charge is 0.395 e. The highest BCUT2D eigenvalue weighted by atomic mass is 19.1. The van der Waals surface area contributed by atoms with E-state index >= 15 is 0 Å². The first kappa shape index (κ1) is 17.4. The Morgan fingerprint density at radius 3 is 2.79 bits per heavy atom. The second-order valence-electron chi connectivity index (χ2n) is 5.28. The number of anilines is 1. The summed E-state index contributed by atoms with van der Waals surface area (Å²) < 4.78 is 13.7. The number of rotatable bonds is 6. The lowest BCUT2D eigenvalue weighted by atomic mass is 10.1. The fraction of sp³-hybridized carbons (Fsp3) is 0.222. The molecule has 0 aliphatic heterocycles. The zero-order chi connectivity index (χ0) is 17.5. The number of carbonyl (C=O) groups excluding carboxylic acids is 1. The Morgan fingerprint density at radius 2 is 2.12 bits per heavy atom. The minimum atomic E-state index is -0.555. The molecule has 24 heavy (non-hydrogen) atoms. The van der Waals surface area contributed by atoms with E-state index in [1.54, 1.807) is 36.4 Å². The van der Waals surface area contributed by atoms with Gasteiger partial charge in [-0.25, -0.2) is 4.39 Å². The van der Waals surface area contributed by atoms with E-state index in [9.17, 15) is 9.18 Å². The molecule has 0 saturated heterocycles. The van der Waals surface area contributed by atoms with E-state index in [0.29, 0.717) is 16.8 Å². The monoisotopic (exact) mass is 327 g/mol. The Hall–Kier alpha value is -2.91. The van der Waals surface area contributed by atoms with Crippen LogP contribution in [0.4, 0.5) is 10.1 Å². The lowest BCUT2D eigenvalue weighted by Crippen LogP contribution is -2.26. The summed E-state index contributed by atoms with van der Waals surface area (Å²) >= 11 is 0. The summed E-state index contributed by atoms with van der Waals surface area (Å²) in [5, 5.41) is 23.3. The second kappa shape index (κ2) is 8.09. The van der Waals surface area contributed by atoms with E-state index in [4.69, 9.17) is 10.4 Å². The van der Waals surface area contributed by atoms with Gasteiger partial charge in [0.2, 0.25) is 0 Å². The van der Waals surface area contributed by atoms with Crippen LogP contribution in [0.5, 0.6) is 0 Å². The topological polar surface area (TPSA) is 85.2 Å². The molecule has 1 unspecified atom stereocenters. The summed E-state index contributed by atoms with van der Waals surface area (Å²) in [5.41, 5.74) is 1.88.